The fourth-order valence-corrected chi connectivity index (χ4v) is 3.37. The number of nitrogens with zero attached hydrogens (tertiary/aromatic N) is 1. The van der Waals surface area contributed by atoms with Crippen molar-refractivity contribution in [3.05, 3.63) is 81.7 Å². The van der Waals surface area contributed by atoms with Gasteiger partial charge in [-0.15, -0.1) is 0 Å². The highest BCUT2D eigenvalue weighted by Crippen LogP contribution is 2.39. The van der Waals surface area contributed by atoms with Gasteiger partial charge >= 0.3 is 5.97 Å². The summed E-state index contributed by atoms with van der Waals surface area (Å²) >= 11 is 4.61. The van der Waals surface area contributed by atoms with E-state index in [0.717, 1.165) is 10.4 Å². The van der Waals surface area contributed by atoms with Crippen LogP contribution in [0.3, 0.4) is 0 Å². The molecule has 0 aromatic heterocycles. The zero-order valence-electron chi connectivity index (χ0n) is 14.5. The molecule has 136 valence electrons. The number of carboxylic acids is 1. The second kappa shape index (κ2) is 6.78. The highest BCUT2D eigenvalue weighted by molar-refractivity contribution is 7.78. The van der Waals surface area contributed by atoms with Gasteiger partial charge in [-0.05, 0) is 53.3 Å². The molecule has 0 radical (unpaired) electrons. The lowest BCUT2D eigenvalue weighted by Crippen LogP contribution is -2.20. The summed E-state index contributed by atoms with van der Waals surface area (Å²) in [4.78, 5) is 15.8. The van der Waals surface area contributed by atoms with Gasteiger partial charge in [-0.1, -0.05) is 24.8 Å². The maximum Gasteiger partial charge on any atom is 0.336 e. The lowest BCUT2D eigenvalue weighted by molar-refractivity contribution is 0.0696. The SMILES string of the molecule is C=c1ccc2c(c1)Oc1cc(O)ccc1C=2c1ccc(N=C=S)cc1C(=O)O. The zero-order valence-corrected chi connectivity index (χ0v) is 15.3. The quantitative estimate of drug-likeness (QED) is 0.415. The molecule has 5 nitrogen and oxygen atoms in total. The van der Waals surface area contributed by atoms with E-state index in [-0.39, 0.29) is 11.3 Å². The monoisotopic (exact) mass is 387 g/mol. The number of fused-ring (bicyclic) bond motifs is 2. The van der Waals surface area contributed by atoms with E-state index in [4.69, 9.17) is 4.74 Å². The summed E-state index contributed by atoms with van der Waals surface area (Å²) in [6.07, 6.45) is 0. The van der Waals surface area contributed by atoms with Crippen molar-refractivity contribution in [1.82, 2.24) is 0 Å². The molecule has 1 aliphatic rings. The van der Waals surface area contributed by atoms with E-state index >= 15 is 0 Å². The fraction of sp³-hybridized carbons (Fsp3) is 0. The summed E-state index contributed by atoms with van der Waals surface area (Å²) in [5.74, 6) is -0.0640. The van der Waals surface area contributed by atoms with Gasteiger partial charge in [0, 0.05) is 22.4 Å². The first-order valence-corrected chi connectivity index (χ1v) is 8.69. The number of phenolic OH excluding ortho intramolecular Hbond substituents is 1. The smallest absolute Gasteiger partial charge is 0.336 e. The Morgan fingerprint density at radius 1 is 1.04 bits per heavy atom. The minimum absolute atomic E-state index is 0.0523. The summed E-state index contributed by atoms with van der Waals surface area (Å²) in [7, 11) is 0. The Morgan fingerprint density at radius 3 is 2.57 bits per heavy atom. The minimum Gasteiger partial charge on any atom is -0.508 e. The van der Waals surface area contributed by atoms with Crippen LogP contribution in [0.5, 0.6) is 17.2 Å². The van der Waals surface area contributed by atoms with Gasteiger partial charge in [-0.3, -0.25) is 0 Å². The number of carboxylic acid groups (broad SMARTS) is 1. The van der Waals surface area contributed by atoms with Gasteiger partial charge in [-0.25, -0.2) is 4.79 Å². The van der Waals surface area contributed by atoms with Crippen molar-refractivity contribution in [3.8, 4) is 17.2 Å². The van der Waals surface area contributed by atoms with Crippen molar-refractivity contribution in [2.45, 2.75) is 0 Å². The number of aliphatic imine (C=N–C) groups is 1. The van der Waals surface area contributed by atoms with Crippen LogP contribution in [0.25, 0.3) is 12.2 Å². The van der Waals surface area contributed by atoms with Crippen molar-refractivity contribution in [1.29, 1.82) is 0 Å². The van der Waals surface area contributed by atoms with Crippen LogP contribution in [0.1, 0.15) is 21.5 Å². The standard InChI is InChI=1S/C22H13NO4S/c1-12-2-5-16-19(8-12)27-20-10-14(24)4-7-17(20)21(16)15-6-3-13(23-11-28)9-18(15)22(25)26/h2-10,24H,1H2,(H,25,26). The Morgan fingerprint density at radius 2 is 1.82 bits per heavy atom. The maximum absolute atomic E-state index is 12.0. The van der Waals surface area contributed by atoms with E-state index in [2.05, 4.69) is 29.0 Å². The van der Waals surface area contributed by atoms with Crippen LogP contribution in [0, 0.1) is 0 Å². The van der Waals surface area contributed by atoms with Crippen molar-refractivity contribution in [2.24, 2.45) is 4.99 Å². The Hall–Kier alpha value is -3.73. The van der Waals surface area contributed by atoms with Gasteiger partial charge in [0.2, 0.25) is 0 Å². The number of thiocarbonyl (C=S) groups is 1. The number of hydrogen-bond donors (Lipinski definition) is 2. The van der Waals surface area contributed by atoms with E-state index in [0.29, 0.717) is 33.9 Å². The molecule has 1 aliphatic heterocycles. The number of carbonyl (C=O) groups is 1. The molecule has 0 saturated heterocycles. The van der Waals surface area contributed by atoms with Crippen LogP contribution in [-0.4, -0.2) is 21.3 Å². The lowest BCUT2D eigenvalue weighted by atomic mass is 9.89. The largest absolute Gasteiger partial charge is 0.508 e. The van der Waals surface area contributed by atoms with Crippen molar-refractivity contribution >= 4 is 41.2 Å². The molecule has 3 aromatic carbocycles. The molecule has 0 saturated carbocycles. The second-order valence-corrected chi connectivity index (χ2v) is 6.41. The van der Waals surface area contributed by atoms with E-state index in [9.17, 15) is 15.0 Å². The van der Waals surface area contributed by atoms with E-state index < -0.39 is 5.97 Å². The molecule has 4 rings (SSSR count). The molecule has 0 fully saturated rings. The topological polar surface area (TPSA) is 79.1 Å². The van der Waals surface area contributed by atoms with Crippen molar-refractivity contribution in [3.63, 3.8) is 0 Å². The lowest BCUT2D eigenvalue weighted by Gasteiger charge is -2.22. The van der Waals surface area contributed by atoms with Crippen LogP contribution < -0.4 is 15.2 Å². The van der Waals surface area contributed by atoms with E-state index in [1.165, 1.54) is 18.2 Å². The third-order valence-electron chi connectivity index (χ3n) is 4.45. The van der Waals surface area contributed by atoms with Crippen molar-refractivity contribution < 1.29 is 19.7 Å². The first kappa shape index (κ1) is 17.7. The number of isothiocyanates is 1. The number of hydrogen-bond acceptors (Lipinski definition) is 5. The molecular weight excluding hydrogens is 374 g/mol. The first-order chi connectivity index (χ1) is 13.5. The summed E-state index contributed by atoms with van der Waals surface area (Å²) in [5, 5.41) is 23.4. The molecule has 0 aliphatic carbocycles. The van der Waals surface area contributed by atoms with Gasteiger partial charge in [0.25, 0.3) is 0 Å². The van der Waals surface area contributed by atoms with Crippen LogP contribution in [-0.2, 0) is 0 Å². The predicted molar refractivity (Wildman–Crippen MR) is 109 cm³/mol. The van der Waals surface area contributed by atoms with Gasteiger partial charge in [0.15, 0.2) is 0 Å². The normalized spacial score (nSPS) is 11.6. The maximum atomic E-state index is 12.0. The highest BCUT2D eigenvalue weighted by Gasteiger charge is 2.24. The van der Waals surface area contributed by atoms with Crippen LogP contribution >= 0.6 is 12.2 Å². The number of phenols is 1. The number of aromatic hydroxyl groups is 1. The van der Waals surface area contributed by atoms with Gasteiger partial charge in [0.05, 0.1) is 16.4 Å². The minimum atomic E-state index is -1.09. The third kappa shape index (κ3) is 2.97. The molecular formula is C22H13NO4S. The Bertz CT molecular complexity index is 1310. The van der Waals surface area contributed by atoms with Crippen LogP contribution in [0.4, 0.5) is 5.69 Å². The van der Waals surface area contributed by atoms with E-state index in [1.54, 1.807) is 24.3 Å². The Kier molecular flexibility index (Phi) is 4.28. The van der Waals surface area contributed by atoms with Crippen LogP contribution in [0.2, 0.25) is 0 Å². The van der Waals surface area contributed by atoms with Gasteiger partial charge in [0.1, 0.15) is 17.2 Å². The third-order valence-corrected chi connectivity index (χ3v) is 4.54. The highest BCUT2D eigenvalue weighted by atomic mass is 32.1. The summed E-state index contributed by atoms with van der Waals surface area (Å²) in [5.41, 5.74) is 2.35. The summed E-state index contributed by atoms with van der Waals surface area (Å²) in [6.45, 7) is 3.92. The molecule has 1 heterocycles. The molecule has 0 bridgehead atoms. The number of aromatic carboxylic acids is 1. The molecule has 0 unspecified atom stereocenters. The molecule has 2 N–H and O–H groups in total. The summed E-state index contributed by atoms with van der Waals surface area (Å²) < 4.78 is 5.94. The van der Waals surface area contributed by atoms with Crippen molar-refractivity contribution in [2.75, 3.05) is 0 Å². The second-order valence-electron chi connectivity index (χ2n) is 6.23. The van der Waals surface area contributed by atoms with Gasteiger partial charge in [-0.2, -0.15) is 4.99 Å². The molecule has 3 aromatic rings. The first-order valence-electron chi connectivity index (χ1n) is 8.28. The number of ether oxygens (including phenoxy) is 1. The number of benzene rings is 3. The molecule has 6 heteroatoms. The van der Waals surface area contributed by atoms with E-state index in [1.807, 2.05) is 12.1 Å². The van der Waals surface area contributed by atoms with Gasteiger partial charge < -0.3 is 14.9 Å². The molecule has 0 spiro atoms. The average molecular weight is 387 g/mol. The fourth-order valence-electron chi connectivity index (χ4n) is 3.26. The Labute approximate surface area is 165 Å². The molecule has 28 heavy (non-hydrogen) atoms. The summed E-state index contributed by atoms with van der Waals surface area (Å²) in [6, 6.07) is 15.0. The molecule has 0 amide bonds. The predicted octanol–water partition coefficient (Wildman–Crippen LogP) is 3.59. The zero-order chi connectivity index (χ0) is 19.8. The average Bonchev–Trinajstić information content (AvgIpc) is 2.66. The van der Waals surface area contributed by atoms with Crippen LogP contribution in [0.15, 0.2) is 59.6 Å². The number of rotatable bonds is 3. The molecule has 0 atom stereocenters. The Balaban J connectivity index is 2.13.